The van der Waals surface area contributed by atoms with Gasteiger partial charge in [-0.1, -0.05) is 30.3 Å². The van der Waals surface area contributed by atoms with Gasteiger partial charge in [0, 0.05) is 6.04 Å². The van der Waals surface area contributed by atoms with E-state index in [0.29, 0.717) is 6.42 Å². The lowest BCUT2D eigenvalue weighted by atomic mass is 10.0. The van der Waals surface area contributed by atoms with Gasteiger partial charge in [-0.15, -0.1) is 12.4 Å². The smallest absolute Gasteiger partial charge is 0.307 e. The molecule has 0 aliphatic carbocycles. The van der Waals surface area contributed by atoms with E-state index in [1.54, 1.807) is 0 Å². The Bertz CT molecular complexity index is 363. The fourth-order valence-corrected chi connectivity index (χ4v) is 2.43. The second kappa shape index (κ2) is 7.39. The Labute approximate surface area is 115 Å². The van der Waals surface area contributed by atoms with Crippen molar-refractivity contribution in [3.8, 4) is 0 Å². The van der Waals surface area contributed by atoms with Gasteiger partial charge in [0.2, 0.25) is 0 Å². The molecule has 0 bridgehead atoms. The van der Waals surface area contributed by atoms with Crippen molar-refractivity contribution in [3.05, 3.63) is 35.9 Å². The van der Waals surface area contributed by atoms with Crippen molar-refractivity contribution in [2.24, 2.45) is 0 Å². The largest absolute Gasteiger partial charge is 0.469 e. The highest BCUT2D eigenvalue weighted by molar-refractivity contribution is 5.85. The molecule has 1 aromatic carbocycles. The summed E-state index contributed by atoms with van der Waals surface area (Å²) in [7, 11) is 1.45. The number of carbonyl (C=O) groups is 1. The summed E-state index contributed by atoms with van der Waals surface area (Å²) in [6.45, 7) is 2.16. The van der Waals surface area contributed by atoms with Gasteiger partial charge in [0.05, 0.1) is 13.5 Å². The number of benzene rings is 1. The predicted octanol–water partition coefficient (Wildman–Crippen LogP) is 2.81. The van der Waals surface area contributed by atoms with Crippen LogP contribution < -0.4 is 0 Å². The summed E-state index contributed by atoms with van der Waals surface area (Å²) >= 11 is 0. The molecule has 1 atom stereocenters. The first kappa shape index (κ1) is 15.0. The number of rotatable bonds is 4. The number of hydrogen-bond donors (Lipinski definition) is 0. The summed E-state index contributed by atoms with van der Waals surface area (Å²) < 4.78 is 4.80. The third kappa shape index (κ3) is 3.72. The summed E-state index contributed by atoms with van der Waals surface area (Å²) in [5.74, 6) is -0.134. The molecule has 18 heavy (non-hydrogen) atoms. The summed E-state index contributed by atoms with van der Waals surface area (Å²) in [5, 5.41) is 0. The summed E-state index contributed by atoms with van der Waals surface area (Å²) in [6.07, 6.45) is 2.90. The average molecular weight is 270 g/mol. The first-order chi connectivity index (χ1) is 8.31. The highest BCUT2D eigenvalue weighted by Crippen LogP contribution is 2.28. The van der Waals surface area contributed by atoms with Crippen LogP contribution in [0.3, 0.4) is 0 Å². The van der Waals surface area contributed by atoms with Gasteiger partial charge < -0.3 is 4.74 Å². The number of hydrogen-bond acceptors (Lipinski definition) is 3. The Hall–Kier alpha value is -1.06. The zero-order chi connectivity index (χ0) is 12.1. The highest BCUT2D eigenvalue weighted by atomic mass is 35.5. The Morgan fingerprint density at radius 1 is 1.28 bits per heavy atom. The van der Waals surface area contributed by atoms with E-state index in [4.69, 9.17) is 4.74 Å². The van der Waals surface area contributed by atoms with Gasteiger partial charge in [-0.25, -0.2) is 0 Å². The zero-order valence-electron chi connectivity index (χ0n) is 10.7. The van der Waals surface area contributed by atoms with E-state index < -0.39 is 0 Å². The van der Waals surface area contributed by atoms with E-state index in [9.17, 15) is 4.79 Å². The molecule has 1 unspecified atom stereocenters. The second-order valence-electron chi connectivity index (χ2n) is 4.45. The van der Waals surface area contributed by atoms with Crippen LogP contribution in [0.25, 0.3) is 0 Å². The lowest BCUT2D eigenvalue weighted by Gasteiger charge is -2.27. The summed E-state index contributed by atoms with van der Waals surface area (Å²) in [6, 6.07) is 10.4. The molecule has 0 N–H and O–H groups in total. The summed E-state index contributed by atoms with van der Waals surface area (Å²) in [5.41, 5.74) is 1.21. The third-order valence-corrected chi connectivity index (χ3v) is 3.35. The minimum atomic E-state index is -0.134. The average Bonchev–Trinajstić information content (AvgIpc) is 2.90. The third-order valence-electron chi connectivity index (χ3n) is 3.35. The van der Waals surface area contributed by atoms with Crippen LogP contribution in [0.2, 0.25) is 0 Å². The Balaban J connectivity index is 0.00000162. The van der Waals surface area contributed by atoms with Gasteiger partial charge in [0.1, 0.15) is 0 Å². The number of likely N-dealkylation sites (tertiary alicyclic amines) is 1. The van der Waals surface area contributed by atoms with Crippen LogP contribution in [0, 0.1) is 0 Å². The number of ether oxygens (including phenoxy) is 1. The molecule has 2 rings (SSSR count). The monoisotopic (exact) mass is 269 g/mol. The number of esters is 1. The molecule has 4 heteroatoms. The predicted molar refractivity (Wildman–Crippen MR) is 73.9 cm³/mol. The molecule has 0 aromatic heterocycles. The lowest BCUT2D eigenvalue weighted by molar-refractivity contribution is -0.142. The zero-order valence-corrected chi connectivity index (χ0v) is 11.5. The molecule has 1 aromatic rings. The van der Waals surface area contributed by atoms with Crippen LogP contribution in [-0.4, -0.2) is 31.1 Å². The minimum Gasteiger partial charge on any atom is -0.469 e. The molecule has 1 saturated heterocycles. The van der Waals surface area contributed by atoms with Crippen molar-refractivity contribution in [2.75, 3.05) is 20.2 Å². The molecule has 1 aliphatic rings. The van der Waals surface area contributed by atoms with Gasteiger partial charge in [-0.05, 0) is 31.5 Å². The molecule has 1 aliphatic heterocycles. The Morgan fingerprint density at radius 2 is 1.89 bits per heavy atom. The highest BCUT2D eigenvalue weighted by Gasteiger charge is 2.25. The molecule has 0 amide bonds. The minimum absolute atomic E-state index is 0. The van der Waals surface area contributed by atoms with E-state index in [1.807, 2.05) is 18.2 Å². The molecule has 0 saturated carbocycles. The van der Waals surface area contributed by atoms with Crippen molar-refractivity contribution < 1.29 is 9.53 Å². The molecule has 3 nitrogen and oxygen atoms in total. The molecule has 1 fully saturated rings. The number of carbonyl (C=O) groups excluding carboxylic acids is 1. The quantitative estimate of drug-likeness (QED) is 0.788. The molecular weight excluding hydrogens is 250 g/mol. The van der Waals surface area contributed by atoms with Crippen LogP contribution in [-0.2, 0) is 9.53 Å². The van der Waals surface area contributed by atoms with Crippen molar-refractivity contribution in [3.63, 3.8) is 0 Å². The van der Waals surface area contributed by atoms with Gasteiger partial charge in [0.15, 0.2) is 0 Å². The van der Waals surface area contributed by atoms with Crippen LogP contribution in [0.4, 0.5) is 0 Å². The first-order valence-electron chi connectivity index (χ1n) is 6.17. The van der Waals surface area contributed by atoms with E-state index >= 15 is 0 Å². The van der Waals surface area contributed by atoms with Gasteiger partial charge >= 0.3 is 5.97 Å². The van der Waals surface area contributed by atoms with E-state index in [0.717, 1.165) is 13.1 Å². The van der Waals surface area contributed by atoms with Crippen LogP contribution >= 0.6 is 12.4 Å². The normalized spacial score (nSPS) is 16.9. The standard InChI is InChI=1S/C14H19NO2.ClH/c1-17-14(16)11-13(15-9-5-6-10-15)12-7-3-2-4-8-12;/h2-4,7-8,13H,5-6,9-11H2,1H3;1H. The van der Waals surface area contributed by atoms with Crippen molar-refractivity contribution in [1.29, 1.82) is 0 Å². The van der Waals surface area contributed by atoms with Crippen molar-refractivity contribution in [2.45, 2.75) is 25.3 Å². The maximum atomic E-state index is 11.5. The maximum absolute atomic E-state index is 11.5. The molecule has 0 spiro atoms. The van der Waals surface area contributed by atoms with E-state index in [2.05, 4.69) is 17.0 Å². The maximum Gasteiger partial charge on any atom is 0.307 e. The topological polar surface area (TPSA) is 29.5 Å². The van der Waals surface area contributed by atoms with Crippen LogP contribution in [0.15, 0.2) is 30.3 Å². The Kier molecular flexibility index (Phi) is 6.16. The number of methoxy groups -OCH3 is 1. The molecule has 100 valence electrons. The molecule has 1 heterocycles. The SMILES string of the molecule is COC(=O)CC(c1ccccc1)N1CCCC1.Cl. The van der Waals surface area contributed by atoms with Gasteiger partial charge in [0.25, 0.3) is 0 Å². The summed E-state index contributed by atoms with van der Waals surface area (Å²) in [4.78, 5) is 13.9. The fraction of sp³-hybridized carbons (Fsp3) is 0.500. The molecule has 0 radical (unpaired) electrons. The van der Waals surface area contributed by atoms with Crippen molar-refractivity contribution >= 4 is 18.4 Å². The van der Waals surface area contributed by atoms with Gasteiger partial charge in [-0.3, -0.25) is 9.69 Å². The van der Waals surface area contributed by atoms with E-state index in [-0.39, 0.29) is 24.4 Å². The number of halogens is 1. The number of nitrogens with zero attached hydrogens (tertiary/aromatic N) is 1. The second-order valence-corrected chi connectivity index (χ2v) is 4.45. The molecular formula is C14H20ClNO2. The van der Waals surface area contributed by atoms with Crippen LogP contribution in [0.5, 0.6) is 0 Å². The first-order valence-corrected chi connectivity index (χ1v) is 6.17. The Morgan fingerprint density at radius 3 is 2.44 bits per heavy atom. The lowest BCUT2D eigenvalue weighted by Crippen LogP contribution is -2.28. The van der Waals surface area contributed by atoms with Gasteiger partial charge in [-0.2, -0.15) is 0 Å². The van der Waals surface area contributed by atoms with E-state index in [1.165, 1.54) is 25.5 Å². The van der Waals surface area contributed by atoms with Crippen LogP contribution in [0.1, 0.15) is 30.9 Å². The van der Waals surface area contributed by atoms with Crippen molar-refractivity contribution in [1.82, 2.24) is 4.90 Å². The fourth-order valence-electron chi connectivity index (χ4n) is 2.43.